The Kier molecular flexibility index (Phi) is 1.97. The van der Waals surface area contributed by atoms with Gasteiger partial charge in [-0.25, -0.2) is 4.98 Å². The number of hydrogen-bond donors (Lipinski definition) is 1. The minimum Gasteiger partial charge on any atom is -0.361 e. The smallest absolute Gasteiger partial charge is 0.190 e. The summed E-state index contributed by atoms with van der Waals surface area (Å²) in [5.74, 6) is 0. The Balaban J connectivity index is 2.27. The fraction of sp³-hybridized carbons (Fsp3) is 0. The van der Waals surface area contributed by atoms with Crippen LogP contribution >= 0.6 is 0 Å². The third kappa shape index (κ3) is 1.38. The van der Waals surface area contributed by atoms with Gasteiger partial charge >= 0.3 is 0 Å². The molecule has 0 saturated heterocycles. The van der Waals surface area contributed by atoms with E-state index < -0.39 is 0 Å². The third-order valence-corrected chi connectivity index (χ3v) is 3.43. The molecule has 0 bridgehead atoms. The van der Waals surface area contributed by atoms with E-state index in [-0.39, 0.29) is 5.43 Å². The van der Waals surface area contributed by atoms with Crippen LogP contribution in [0.4, 0.5) is 0 Å². The first-order valence-corrected chi connectivity index (χ1v) is 6.13. The molecule has 2 heterocycles. The van der Waals surface area contributed by atoms with E-state index in [1.165, 1.54) is 0 Å². The van der Waals surface area contributed by atoms with Crippen LogP contribution in [0.1, 0.15) is 0 Å². The molecule has 3 heteroatoms. The van der Waals surface area contributed by atoms with Gasteiger partial charge in [0, 0.05) is 17.1 Å². The van der Waals surface area contributed by atoms with Crippen molar-refractivity contribution < 1.29 is 0 Å². The summed E-state index contributed by atoms with van der Waals surface area (Å²) in [6.07, 6.45) is 1.86. The summed E-state index contributed by atoms with van der Waals surface area (Å²) in [6.45, 7) is 0. The molecule has 0 spiro atoms. The predicted molar refractivity (Wildman–Crippen MR) is 75.6 cm³/mol. The summed E-state index contributed by atoms with van der Waals surface area (Å²) in [4.78, 5) is 19.9. The van der Waals surface area contributed by atoms with Gasteiger partial charge in [-0.2, -0.15) is 0 Å². The third-order valence-electron chi connectivity index (χ3n) is 3.43. The molecule has 1 N–H and O–H groups in total. The number of para-hydroxylation sites is 1. The Bertz CT molecular complexity index is 894. The van der Waals surface area contributed by atoms with E-state index in [4.69, 9.17) is 0 Å². The molecular weight excluding hydrogens is 236 g/mol. The topological polar surface area (TPSA) is 45.8 Å². The van der Waals surface area contributed by atoms with Gasteiger partial charge in [0.2, 0.25) is 0 Å². The Morgan fingerprint density at radius 2 is 1.84 bits per heavy atom. The van der Waals surface area contributed by atoms with Crippen LogP contribution in [0.5, 0.6) is 0 Å². The first-order chi connectivity index (χ1) is 9.34. The lowest BCUT2D eigenvalue weighted by Gasteiger charge is -2.01. The summed E-state index contributed by atoms with van der Waals surface area (Å²) >= 11 is 0. The van der Waals surface area contributed by atoms with Gasteiger partial charge in [0.25, 0.3) is 0 Å². The monoisotopic (exact) mass is 246 g/mol. The molecule has 1 aromatic rings. The van der Waals surface area contributed by atoms with Gasteiger partial charge in [-0.1, -0.05) is 24.3 Å². The van der Waals surface area contributed by atoms with Gasteiger partial charge < -0.3 is 4.98 Å². The lowest BCUT2D eigenvalue weighted by Crippen LogP contribution is -2.04. The molecule has 3 aliphatic rings. The molecule has 0 unspecified atom stereocenters. The zero-order chi connectivity index (χ0) is 12.8. The van der Waals surface area contributed by atoms with Crippen molar-refractivity contribution >= 4 is 10.9 Å². The Morgan fingerprint density at radius 1 is 0.947 bits per heavy atom. The van der Waals surface area contributed by atoms with Crippen LogP contribution in [0, 0.1) is 0 Å². The second-order valence-electron chi connectivity index (χ2n) is 4.55. The van der Waals surface area contributed by atoms with Gasteiger partial charge in [0.1, 0.15) is 0 Å². The number of hydrogen-bond acceptors (Lipinski definition) is 2. The Labute approximate surface area is 109 Å². The molecule has 0 radical (unpaired) electrons. The Hall–Kier alpha value is -2.68. The predicted octanol–water partition coefficient (Wildman–Crippen LogP) is 3.13. The fourth-order valence-corrected chi connectivity index (χ4v) is 2.58. The first-order valence-electron chi connectivity index (χ1n) is 6.13. The Morgan fingerprint density at radius 3 is 2.79 bits per heavy atom. The number of nitrogens with zero attached hydrogens (tertiary/aromatic N) is 1. The van der Waals surface area contributed by atoms with Crippen LogP contribution in [0.2, 0.25) is 0 Å². The highest BCUT2D eigenvalue weighted by Crippen LogP contribution is 2.35. The number of benzene rings is 2. The minimum absolute atomic E-state index is 0.00208. The fourth-order valence-electron chi connectivity index (χ4n) is 2.58. The molecule has 90 valence electrons. The lowest BCUT2D eigenvalue weighted by atomic mass is 10.0. The molecule has 0 atom stereocenters. The van der Waals surface area contributed by atoms with Crippen LogP contribution in [0.15, 0.2) is 59.5 Å². The minimum atomic E-state index is -0.00208. The van der Waals surface area contributed by atoms with Gasteiger partial charge in [0.05, 0.1) is 22.5 Å². The van der Waals surface area contributed by atoms with Crippen molar-refractivity contribution in [1.29, 1.82) is 0 Å². The molecule has 0 fully saturated rings. The van der Waals surface area contributed by atoms with Crippen LogP contribution in [0.3, 0.4) is 0 Å². The molecule has 0 saturated carbocycles. The summed E-state index contributed by atoms with van der Waals surface area (Å²) in [7, 11) is 0. The molecule has 1 aliphatic carbocycles. The molecule has 0 amide bonds. The molecular formula is C16H10N2O. The van der Waals surface area contributed by atoms with E-state index in [9.17, 15) is 4.79 Å². The van der Waals surface area contributed by atoms with Crippen LogP contribution in [-0.2, 0) is 0 Å². The van der Waals surface area contributed by atoms with Gasteiger partial charge in [-0.3, -0.25) is 4.79 Å². The zero-order valence-electron chi connectivity index (χ0n) is 10.1. The van der Waals surface area contributed by atoms with Gasteiger partial charge in [0.15, 0.2) is 5.43 Å². The molecule has 3 nitrogen and oxygen atoms in total. The van der Waals surface area contributed by atoms with Crippen molar-refractivity contribution in [2.75, 3.05) is 0 Å². The standard InChI is InChI=1S/C16H10N2O/c19-14-7-3-6-13-15(14)16-11(8-9-17-13)10-4-1-2-5-12(10)18-16/h1-9,17H. The average molecular weight is 246 g/mol. The van der Waals surface area contributed by atoms with Crippen LogP contribution in [-0.4, -0.2) is 9.97 Å². The van der Waals surface area contributed by atoms with Crippen molar-refractivity contribution in [3.8, 4) is 22.5 Å². The first kappa shape index (κ1) is 10.3. The number of aromatic nitrogens is 2. The van der Waals surface area contributed by atoms with E-state index in [0.29, 0.717) is 5.56 Å². The van der Waals surface area contributed by atoms with Crippen molar-refractivity contribution in [1.82, 2.24) is 9.97 Å². The van der Waals surface area contributed by atoms with E-state index in [1.54, 1.807) is 12.1 Å². The van der Waals surface area contributed by atoms with Crippen molar-refractivity contribution in [3.05, 3.63) is 65.0 Å². The molecule has 1 aromatic carbocycles. The van der Waals surface area contributed by atoms with Crippen LogP contribution < -0.4 is 5.43 Å². The number of nitrogens with one attached hydrogen (secondary N) is 1. The van der Waals surface area contributed by atoms with E-state index in [0.717, 1.165) is 27.9 Å². The largest absolute Gasteiger partial charge is 0.361 e. The highest BCUT2D eigenvalue weighted by molar-refractivity contribution is 6.01. The quantitative estimate of drug-likeness (QED) is 0.518. The number of H-pyrrole nitrogens is 1. The average Bonchev–Trinajstić information content (AvgIpc) is 2.67. The van der Waals surface area contributed by atoms with Gasteiger partial charge in [-0.05, 0) is 24.3 Å². The van der Waals surface area contributed by atoms with Gasteiger partial charge in [-0.15, -0.1) is 0 Å². The van der Waals surface area contributed by atoms with Crippen molar-refractivity contribution in [2.45, 2.75) is 0 Å². The number of fused-ring (bicyclic) bond motifs is 5. The van der Waals surface area contributed by atoms with E-state index >= 15 is 0 Å². The van der Waals surface area contributed by atoms with E-state index in [1.807, 2.05) is 42.6 Å². The van der Waals surface area contributed by atoms with Crippen molar-refractivity contribution in [2.24, 2.45) is 0 Å². The summed E-state index contributed by atoms with van der Waals surface area (Å²) in [5, 5.41) is 1.08. The number of rotatable bonds is 0. The SMILES string of the molecule is O=c1cccc2[nH]ccc3c4ccccc4nc-3c1-2. The normalized spacial score (nSPS) is 11.4. The maximum absolute atomic E-state index is 12.1. The summed E-state index contributed by atoms with van der Waals surface area (Å²) in [5.41, 5.74) is 4.16. The molecule has 4 rings (SSSR count). The highest BCUT2D eigenvalue weighted by Gasteiger charge is 2.18. The van der Waals surface area contributed by atoms with Crippen molar-refractivity contribution in [3.63, 3.8) is 0 Å². The molecule has 19 heavy (non-hydrogen) atoms. The number of aromatic amines is 1. The molecule has 2 aliphatic heterocycles. The second kappa shape index (κ2) is 3.65. The van der Waals surface area contributed by atoms with E-state index in [2.05, 4.69) is 9.97 Å². The maximum atomic E-state index is 12.1. The molecule has 0 aromatic heterocycles. The highest BCUT2D eigenvalue weighted by atomic mass is 16.1. The second-order valence-corrected chi connectivity index (χ2v) is 4.55. The summed E-state index contributed by atoms with van der Waals surface area (Å²) in [6, 6.07) is 15.2. The zero-order valence-corrected chi connectivity index (χ0v) is 10.1. The lowest BCUT2D eigenvalue weighted by molar-refractivity contribution is 1.33. The maximum Gasteiger partial charge on any atom is 0.190 e. The summed E-state index contributed by atoms with van der Waals surface area (Å²) < 4.78 is 0. The van der Waals surface area contributed by atoms with Crippen LogP contribution in [0.25, 0.3) is 33.4 Å².